The fourth-order valence-electron chi connectivity index (χ4n) is 0. The summed E-state index contributed by atoms with van der Waals surface area (Å²) in [6, 6.07) is 0. The van der Waals surface area contributed by atoms with Crippen molar-refractivity contribution < 1.29 is 35.0 Å². The Balaban J connectivity index is -0.0000000800. The fourth-order valence-corrected chi connectivity index (χ4v) is 0. The minimum atomic E-state index is -5.25. The van der Waals surface area contributed by atoms with E-state index in [0.29, 0.717) is 0 Å². The van der Waals surface area contributed by atoms with E-state index in [0.717, 1.165) is 0 Å². The Morgan fingerprint density at radius 2 is 1.14 bits per heavy atom. The molecule has 0 aliphatic carbocycles. The van der Waals surface area contributed by atoms with E-state index in [-0.39, 0.29) is 56.9 Å². The number of hydrogen-bond acceptors (Lipinski definition) is 2. The van der Waals surface area contributed by atoms with Crippen molar-refractivity contribution in [2.75, 3.05) is 0 Å². The Morgan fingerprint density at radius 3 is 1.14 bits per heavy atom. The van der Waals surface area contributed by atoms with Crippen LogP contribution in [-0.4, -0.2) is 65.2 Å². The van der Waals surface area contributed by atoms with Gasteiger partial charge in [0.1, 0.15) is 0 Å². The first-order valence-electron chi connectivity index (χ1n) is 0.698. The molecular weight excluding hydrogens is 171 g/mol. The second-order valence-corrected chi connectivity index (χ2v) is 1.85. The molecule has 7 heteroatoms. The fraction of sp³-hybridized carbons (Fsp3) is 0. The van der Waals surface area contributed by atoms with Gasteiger partial charge in [0.2, 0.25) is 0 Å². The van der Waals surface area contributed by atoms with Crippen molar-refractivity contribution in [3.05, 3.63) is 0 Å². The summed E-state index contributed by atoms with van der Waals surface area (Å²) in [7, 11) is 0. The first kappa shape index (κ1) is 15.9. The van der Waals surface area contributed by atoms with Gasteiger partial charge in [-0.25, -0.2) is 0 Å². The van der Waals surface area contributed by atoms with Crippen LogP contribution in [0.1, 0.15) is 0 Å². The van der Waals surface area contributed by atoms with Crippen LogP contribution >= 0.6 is 0 Å². The molecule has 0 saturated carbocycles. The minimum absolute atomic E-state index is 0. The molecule has 0 unspecified atom stereocenters. The zero-order valence-corrected chi connectivity index (χ0v) is 3.89. The Kier molecular flexibility index (Phi) is 13.1. The van der Waals surface area contributed by atoms with Gasteiger partial charge in [0, 0.05) is 0 Å². The van der Waals surface area contributed by atoms with Crippen molar-refractivity contribution in [2.45, 2.75) is 0 Å². The molecule has 0 amide bonds. The van der Waals surface area contributed by atoms with E-state index >= 15 is 0 Å². The van der Waals surface area contributed by atoms with E-state index in [1.807, 2.05) is 0 Å². The summed E-state index contributed by atoms with van der Waals surface area (Å²) in [5, 5.41) is 0. The zero-order chi connectivity index (χ0) is 4.50. The summed E-state index contributed by atoms with van der Waals surface area (Å²) in [4.78, 5) is 0. The van der Waals surface area contributed by atoms with Gasteiger partial charge in [-0.3, -0.25) is 0 Å². The van der Waals surface area contributed by atoms with Crippen molar-refractivity contribution in [1.29, 1.82) is 0 Å². The molecule has 0 rings (SSSR count). The molecule has 0 spiro atoms. The van der Waals surface area contributed by atoms with Crippen LogP contribution in [0.5, 0.6) is 0 Å². The van der Waals surface area contributed by atoms with Gasteiger partial charge in [-0.2, -0.15) is 0 Å². The Morgan fingerprint density at radius 1 is 1.14 bits per heavy atom. The summed E-state index contributed by atoms with van der Waals surface area (Å²) in [5.41, 5.74) is 0. The second-order valence-electron chi connectivity index (χ2n) is 0.448. The van der Waals surface area contributed by atoms with Crippen LogP contribution in [0.4, 0.5) is 0 Å². The first-order valence-corrected chi connectivity index (χ1v) is 2.88. The summed E-state index contributed by atoms with van der Waals surface area (Å²) >= 11 is -5.25. The molecule has 0 aromatic rings. The third kappa shape index (κ3) is 89.8. The van der Waals surface area contributed by atoms with Crippen LogP contribution in [0.15, 0.2) is 0 Å². The predicted octanol–water partition coefficient (Wildman–Crippen LogP) is -2.83. The molecule has 5 nitrogen and oxygen atoms in total. The Labute approximate surface area is 84.8 Å². The molecule has 0 atom stereocenters. The van der Waals surface area contributed by atoms with Gasteiger partial charge in [0.25, 0.3) is 0 Å². The van der Waals surface area contributed by atoms with E-state index in [1.54, 1.807) is 0 Å². The maximum atomic E-state index is 8.82. The zero-order valence-electron chi connectivity index (χ0n) is 2.62. The molecule has 0 aromatic carbocycles. The molecule has 0 bridgehead atoms. The van der Waals surface area contributed by atoms with Crippen LogP contribution in [0, 0.1) is 0 Å². The van der Waals surface area contributed by atoms with E-state index in [4.69, 9.17) is 15.9 Å². The van der Waals surface area contributed by atoms with Gasteiger partial charge in [-0.1, -0.05) is 0 Å². The SMILES string of the molecule is O.[KH].[O]=[Cr](=[O])([OH])[OH]. The van der Waals surface area contributed by atoms with Crippen molar-refractivity contribution in [1.82, 2.24) is 0 Å². The third-order valence-electron chi connectivity index (χ3n) is 0. The second kappa shape index (κ2) is 5.78. The van der Waals surface area contributed by atoms with E-state index < -0.39 is 13.6 Å². The predicted molar refractivity (Wildman–Crippen MR) is 16.6 cm³/mol. The average molecular weight is 176 g/mol. The molecular formula is H5CrKO5. The Hall–Kier alpha value is 1.65. The molecule has 0 aromatic heterocycles. The van der Waals surface area contributed by atoms with Crippen LogP contribution in [0.2, 0.25) is 0 Å². The van der Waals surface area contributed by atoms with Crippen LogP contribution < -0.4 is 0 Å². The van der Waals surface area contributed by atoms with Crippen LogP contribution in [0.3, 0.4) is 0 Å². The molecule has 7 heavy (non-hydrogen) atoms. The van der Waals surface area contributed by atoms with E-state index in [2.05, 4.69) is 0 Å². The quantitative estimate of drug-likeness (QED) is 0.388. The van der Waals surface area contributed by atoms with Gasteiger partial charge < -0.3 is 5.48 Å². The summed E-state index contributed by atoms with van der Waals surface area (Å²) < 4.78 is 31.9. The normalized spacial score (nSPS) is 8.29. The molecule has 0 heterocycles. The summed E-state index contributed by atoms with van der Waals surface area (Å²) in [5.74, 6) is 0. The van der Waals surface area contributed by atoms with E-state index in [9.17, 15) is 0 Å². The van der Waals surface area contributed by atoms with Gasteiger partial charge in [0.15, 0.2) is 0 Å². The molecule has 42 valence electrons. The monoisotopic (exact) mass is 176 g/mol. The summed E-state index contributed by atoms with van der Waals surface area (Å²) in [6.45, 7) is 0. The van der Waals surface area contributed by atoms with Gasteiger partial charge in [-0.05, 0) is 0 Å². The standard InChI is InChI=1S/Cr.K.3H2O.2O.H/h;;3*1H2;;;/q+2;;;;;;;/p-2. The van der Waals surface area contributed by atoms with Gasteiger partial charge in [-0.15, -0.1) is 0 Å². The van der Waals surface area contributed by atoms with Crippen molar-refractivity contribution in [2.24, 2.45) is 0 Å². The first-order chi connectivity index (χ1) is 2.00. The van der Waals surface area contributed by atoms with E-state index in [1.165, 1.54) is 0 Å². The molecule has 4 N–H and O–H groups in total. The van der Waals surface area contributed by atoms with Gasteiger partial charge in [0.05, 0.1) is 0 Å². The molecule has 0 radical (unpaired) electrons. The van der Waals surface area contributed by atoms with Crippen LogP contribution in [0.25, 0.3) is 0 Å². The number of rotatable bonds is 0. The summed E-state index contributed by atoms with van der Waals surface area (Å²) in [6.07, 6.45) is 0. The van der Waals surface area contributed by atoms with Crippen molar-refractivity contribution >= 4 is 51.4 Å². The molecule has 0 saturated heterocycles. The third-order valence-corrected chi connectivity index (χ3v) is 0. The molecule has 0 aliphatic heterocycles. The molecule has 0 fully saturated rings. The average Bonchev–Trinajstić information content (AvgIpc) is 0.722. The Bertz CT molecular complexity index is 91.2. The number of hydrogen-bond donors (Lipinski definition) is 2. The maximum absolute atomic E-state index is 8.82. The topological polar surface area (TPSA) is 106 Å². The van der Waals surface area contributed by atoms with Crippen molar-refractivity contribution in [3.63, 3.8) is 0 Å². The van der Waals surface area contributed by atoms with Gasteiger partial charge >= 0.3 is 80.9 Å². The van der Waals surface area contributed by atoms with Crippen LogP contribution in [-0.2, 0) is 21.2 Å². The van der Waals surface area contributed by atoms with Crippen molar-refractivity contribution in [3.8, 4) is 0 Å². The molecule has 0 aliphatic rings.